The lowest BCUT2D eigenvalue weighted by Crippen LogP contribution is -2.31. The maximum absolute atomic E-state index is 11.8. The Morgan fingerprint density at radius 1 is 1.56 bits per heavy atom. The topological polar surface area (TPSA) is 51.2 Å². The quantitative estimate of drug-likeness (QED) is 0.806. The summed E-state index contributed by atoms with van der Waals surface area (Å²) in [5.41, 5.74) is 0.0760. The molecule has 0 radical (unpaired) electrons. The van der Waals surface area contributed by atoms with Crippen molar-refractivity contribution in [2.75, 3.05) is 18.5 Å². The van der Waals surface area contributed by atoms with Crippen LogP contribution in [0.25, 0.3) is 0 Å². The highest BCUT2D eigenvalue weighted by atomic mass is 32.1. The number of thiazole rings is 1. The van der Waals surface area contributed by atoms with E-state index in [0.717, 1.165) is 17.4 Å². The van der Waals surface area contributed by atoms with Crippen LogP contribution in [0.4, 0.5) is 5.13 Å². The van der Waals surface area contributed by atoms with Gasteiger partial charge in [0.15, 0.2) is 5.13 Å². The lowest BCUT2D eigenvalue weighted by molar-refractivity contribution is -0.148. The maximum Gasteiger partial charge on any atom is 0.317 e. The molecule has 0 spiro atoms. The number of esters is 1. The molecule has 1 aromatic heterocycles. The van der Waals surface area contributed by atoms with Crippen LogP contribution in [0.3, 0.4) is 0 Å². The molecule has 0 aliphatic heterocycles. The number of hydrogen-bond donors (Lipinski definition) is 1. The average molecular weight is 242 g/mol. The van der Waals surface area contributed by atoms with Gasteiger partial charge in [0.05, 0.1) is 12.3 Å². The monoisotopic (exact) mass is 242 g/mol. The van der Waals surface area contributed by atoms with Crippen LogP contribution in [0.2, 0.25) is 0 Å². The van der Waals surface area contributed by atoms with Gasteiger partial charge in [-0.2, -0.15) is 0 Å². The van der Waals surface area contributed by atoms with Crippen LogP contribution in [-0.4, -0.2) is 24.1 Å². The van der Waals surface area contributed by atoms with E-state index in [-0.39, 0.29) is 5.97 Å². The average Bonchev–Trinajstić information content (AvgIpc) is 2.68. The Morgan fingerprint density at radius 2 is 2.25 bits per heavy atom. The zero-order valence-corrected chi connectivity index (χ0v) is 11.0. The van der Waals surface area contributed by atoms with Gasteiger partial charge in [-0.3, -0.25) is 4.79 Å². The minimum absolute atomic E-state index is 0.233. The first-order valence-electron chi connectivity index (χ1n) is 5.39. The predicted octanol–water partition coefficient (Wildman–Crippen LogP) is 2.42. The van der Waals surface area contributed by atoms with Gasteiger partial charge in [0, 0.05) is 11.9 Å². The first-order valence-corrected chi connectivity index (χ1v) is 6.27. The smallest absolute Gasteiger partial charge is 0.317 e. The third-order valence-electron chi connectivity index (χ3n) is 2.26. The number of carbonyl (C=O) groups is 1. The van der Waals surface area contributed by atoms with Gasteiger partial charge in [-0.05, 0) is 27.7 Å². The number of anilines is 1. The molecular formula is C11H18N2O2S. The molecule has 16 heavy (non-hydrogen) atoms. The van der Waals surface area contributed by atoms with Crippen LogP contribution in [0.15, 0.2) is 5.38 Å². The molecule has 0 aromatic carbocycles. The van der Waals surface area contributed by atoms with E-state index in [9.17, 15) is 4.79 Å². The van der Waals surface area contributed by atoms with Crippen molar-refractivity contribution in [2.24, 2.45) is 0 Å². The van der Waals surface area contributed by atoms with Crippen LogP contribution in [0.1, 0.15) is 33.4 Å². The molecule has 1 aromatic rings. The molecule has 0 amide bonds. The van der Waals surface area contributed by atoms with E-state index in [1.807, 2.05) is 26.2 Å². The predicted molar refractivity (Wildman–Crippen MR) is 65.9 cm³/mol. The molecule has 0 aliphatic rings. The Kier molecular flexibility index (Phi) is 4.29. The number of ether oxygens (including phenoxy) is 1. The van der Waals surface area contributed by atoms with Crippen molar-refractivity contribution in [3.05, 3.63) is 11.1 Å². The van der Waals surface area contributed by atoms with Crippen molar-refractivity contribution in [1.29, 1.82) is 0 Å². The van der Waals surface area contributed by atoms with Crippen molar-refractivity contribution in [3.8, 4) is 0 Å². The van der Waals surface area contributed by atoms with Crippen LogP contribution < -0.4 is 5.32 Å². The zero-order valence-electron chi connectivity index (χ0n) is 10.2. The van der Waals surface area contributed by atoms with Gasteiger partial charge in [0.1, 0.15) is 5.41 Å². The summed E-state index contributed by atoms with van der Waals surface area (Å²) < 4.78 is 5.04. The van der Waals surface area contributed by atoms with E-state index in [0.29, 0.717) is 6.61 Å². The summed E-state index contributed by atoms with van der Waals surface area (Å²) in [6.45, 7) is 8.70. The van der Waals surface area contributed by atoms with E-state index >= 15 is 0 Å². The first-order chi connectivity index (χ1) is 7.52. The summed E-state index contributed by atoms with van der Waals surface area (Å²) in [5.74, 6) is -0.233. The van der Waals surface area contributed by atoms with Gasteiger partial charge in [-0.15, -0.1) is 11.3 Å². The van der Waals surface area contributed by atoms with E-state index in [1.54, 1.807) is 6.92 Å². The molecule has 0 atom stereocenters. The van der Waals surface area contributed by atoms with Crippen molar-refractivity contribution in [1.82, 2.24) is 4.98 Å². The summed E-state index contributed by atoms with van der Waals surface area (Å²) in [6, 6.07) is 0. The van der Waals surface area contributed by atoms with Gasteiger partial charge in [-0.25, -0.2) is 4.98 Å². The Bertz CT molecular complexity index is 361. The third kappa shape index (κ3) is 2.72. The maximum atomic E-state index is 11.8. The van der Waals surface area contributed by atoms with E-state index in [1.165, 1.54) is 11.3 Å². The fraction of sp³-hybridized carbons (Fsp3) is 0.636. The number of aromatic nitrogens is 1. The Labute approximate surface area is 100 Å². The molecule has 1 rings (SSSR count). The van der Waals surface area contributed by atoms with Gasteiger partial charge in [0.25, 0.3) is 0 Å². The second kappa shape index (κ2) is 5.30. The Hall–Kier alpha value is -1.10. The fourth-order valence-corrected chi connectivity index (χ4v) is 2.16. The molecule has 0 saturated heterocycles. The molecule has 4 nitrogen and oxygen atoms in total. The lowest BCUT2D eigenvalue weighted by Gasteiger charge is -2.19. The molecule has 1 heterocycles. The molecule has 0 unspecified atom stereocenters. The lowest BCUT2D eigenvalue weighted by atomic mass is 9.90. The fourth-order valence-electron chi connectivity index (χ4n) is 1.21. The highest BCUT2D eigenvalue weighted by Crippen LogP contribution is 2.28. The number of nitrogens with one attached hydrogen (secondary N) is 1. The van der Waals surface area contributed by atoms with E-state index in [2.05, 4.69) is 10.3 Å². The van der Waals surface area contributed by atoms with Crippen molar-refractivity contribution < 1.29 is 9.53 Å². The van der Waals surface area contributed by atoms with Crippen molar-refractivity contribution in [2.45, 2.75) is 33.1 Å². The standard InChI is InChI=1S/C11H18N2O2S/c1-5-12-10-13-8(7-16-10)11(3,4)9(14)15-6-2/h7H,5-6H2,1-4H3,(H,12,13). The summed E-state index contributed by atoms with van der Waals surface area (Å²) in [5, 5.41) is 5.87. The molecule has 0 fully saturated rings. The van der Waals surface area contributed by atoms with E-state index in [4.69, 9.17) is 4.74 Å². The van der Waals surface area contributed by atoms with Gasteiger partial charge in [-0.1, -0.05) is 0 Å². The van der Waals surface area contributed by atoms with Crippen molar-refractivity contribution in [3.63, 3.8) is 0 Å². The van der Waals surface area contributed by atoms with Crippen LogP contribution in [-0.2, 0) is 14.9 Å². The largest absolute Gasteiger partial charge is 0.465 e. The summed E-state index contributed by atoms with van der Waals surface area (Å²) in [4.78, 5) is 16.1. The second-order valence-electron chi connectivity index (χ2n) is 3.91. The van der Waals surface area contributed by atoms with E-state index < -0.39 is 5.41 Å². The molecule has 5 heteroatoms. The molecule has 0 bridgehead atoms. The Morgan fingerprint density at radius 3 is 2.81 bits per heavy atom. The summed E-state index contributed by atoms with van der Waals surface area (Å²) in [6.07, 6.45) is 0. The Balaban J connectivity index is 2.84. The normalized spacial score (nSPS) is 11.2. The zero-order chi connectivity index (χ0) is 12.2. The number of carbonyl (C=O) groups excluding carboxylic acids is 1. The number of nitrogens with zero attached hydrogens (tertiary/aromatic N) is 1. The molecule has 0 aliphatic carbocycles. The van der Waals surface area contributed by atoms with Crippen molar-refractivity contribution >= 4 is 22.4 Å². The third-order valence-corrected chi connectivity index (χ3v) is 3.06. The van der Waals surface area contributed by atoms with Gasteiger partial charge < -0.3 is 10.1 Å². The SMILES string of the molecule is CCNc1nc(C(C)(C)C(=O)OCC)cs1. The second-order valence-corrected chi connectivity index (χ2v) is 4.77. The van der Waals surface area contributed by atoms with Crippen LogP contribution in [0.5, 0.6) is 0 Å². The minimum Gasteiger partial charge on any atom is -0.465 e. The van der Waals surface area contributed by atoms with Gasteiger partial charge in [0.2, 0.25) is 0 Å². The highest BCUT2D eigenvalue weighted by molar-refractivity contribution is 7.13. The molecule has 0 saturated carbocycles. The summed E-state index contributed by atoms with van der Waals surface area (Å²) >= 11 is 1.51. The van der Waals surface area contributed by atoms with Gasteiger partial charge >= 0.3 is 5.97 Å². The first kappa shape index (κ1) is 13.0. The molecule has 1 N–H and O–H groups in total. The molecule has 90 valence electrons. The minimum atomic E-state index is -0.680. The highest BCUT2D eigenvalue weighted by Gasteiger charge is 2.33. The van der Waals surface area contributed by atoms with Crippen LogP contribution >= 0.6 is 11.3 Å². The number of rotatable bonds is 5. The molecular weight excluding hydrogens is 224 g/mol. The van der Waals surface area contributed by atoms with Crippen LogP contribution in [0, 0.1) is 0 Å². The summed E-state index contributed by atoms with van der Waals surface area (Å²) in [7, 11) is 0. The number of hydrogen-bond acceptors (Lipinski definition) is 5.